The predicted molar refractivity (Wildman–Crippen MR) is 104 cm³/mol. The van der Waals surface area contributed by atoms with Crippen molar-refractivity contribution in [2.45, 2.75) is 13.0 Å². The van der Waals surface area contributed by atoms with Crippen molar-refractivity contribution in [3.63, 3.8) is 0 Å². The zero-order valence-corrected chi connectivity index (χ0v) is 16.2. The summed E-state index contributed by atoms with van der Waals surface area (Å²) in [6.45, 7) is 1.50. The van der Waals surface area contributed by atoms with E-state index in [-0.39, 0.29) is 5.69 Å². The molecule has 2 aromatic rings. The van der Waals surface area contributed by atoms with Gasteiger partial charge in [-0.2, -0.15) is 0 Å². The molecule has 152 valence electrons. The number of nitrogens with one attached hydrogen (secondary N) is 3. The van der Waals surface area contributed by atoms with Gasteiger partial charge >= 0.3 is 12.0 Å². The normalized spacial score (nSPS) is 11.1. The Morgan fingerprint density at radius 3 is 2.48 bits per heavy atom. The van der Waals surface area contributed by atoms with Crippen LogP contribution in [0.3, 0.4) is 0 Å². The van der Waals surface area contributed by atoms with Gasteiger partial charge in [-0.15, -0.1) is 0 Å². The molecule has 10 heteroatoms. The molecule has 1 atom stereocenters. The number of carbonyl (C=O) groups is 4. The van der Waals surface area contributed by atoms with Crippen molar-refractivity contribution in [2.75, 3.05) is 13.1 Å². The minimum atomic E-state index is -1.37. The third-order valence-electron chi connectivity index (χ3n) is 3.51. The zero-order valence-electron chi connectivity index (χ0n) is 15.5. The van der Waals surface area contributed by atoms with Crippen LogP contribution in [0.25, 0.3) is 0 Å². The van der Waals surface area contributed by atoms with E-state index in [1.54, 1.807) is 37.3 Å². The van der Waals surface area contributed by atoms with Gasteiger partial charge in [-0.1, -0.05) is 41.9 Å². The smallest absolute Gasteiger partial charge is 0.326 e. The van der Waals surface area contributed by atoms with Gasteiger partial charge in [-0.3, -0.25) is 24.7 Å². The first kappa shape index (κ1) is 21.8. The van der Waals surface area contributed by atoms with E-state index in [4.69, 9.17) is 16.3 Å². The third-order valence-corrected chi connectivity index (χ3v) is 3.75. The highest BCUT2D eigenvalue weighted by Crippen LogP contribution is 2.17. The summed E-state index contributed by atoms with van der Waals surface area (Å²) >= 11 is 5.80. The van der Waals surface area contributed by atoms with Crippen molar-refractivity contribution in [1.82, 2.24) is 20.9 Å². The number of esters is 1. The monoisotopic (exact) mass is 418 g/mol. The van der Waals surface area contributed by atoms with Crippen LogP contribution >= 0.6 is 11.6 Å². The van der Waals surface area contributed by atoms with Gasteiger partial charge in [0.1, 0.15) is 12.2 Å². The molecule has 0 aliphatic rings. The Labute approximate surface area is 171 Å². The molecule has 0 saturated heterocycles. The minimum Gasteiger partial charge on any atom is -0.446 e. The van der Waals surface area contributed by atoms with Gasteiger partial charge in [0.25, 0.3) is 11.8 Å². The first-order valence-electron chi connectivity index (χ1n) is 8.63. The highest BCUT2D eigenvalue weighted by Gasteiger charge is 2.26. The van der Waals surface area contributed by atoms with Crippen molar-refractivity contribution in [3.8, 4) is 0 Å². The van der Waals surface area contributed by atoms with E-state index < -0.39 is 36.5 Å². The van der Waals surface area contributed by atoms with Gasteiger partial charge in [-0.25, -0.2) is 4.79 Å². The van der Waals surface area contributed by atoms with Crippen LogP contribution in [0.2, 0.25) is 5.02 Å². The Morgan fingerprint density at radius 2 is 1.83 bits per heavy atom. The van der Waals surface area contributed by atoms with Crippen LogP contribution in [-0.2, 0) is 14.3 Å². The second-order valence-electron chi connectivity index (χ2n) is 5.67. The standard InChI is InChI=1S/C19H19ClN4O5/c1-2-21-19(28)24-18(27)16(12-6-4-3-5-7-12)29-15(25)11-23-17(26)14-10-13(20)8-9-22-14/h3-10,16H,2,11H2,1H3,(H,23,26)(H2,21,24,27,28)/t16-/m0/s1. The van der Waals surface area contributed by atoms with Crippen molar-refractivity contribution >= 4 is 35.4 Å². The highest BCUT2D eigenvalue weighted by atomic mass is 35.5. The molecule has 1 heterocycles. The second kappa shape index (κ2) is 10.8. The lowest BCUT2D eigenvalue weighted by molar-refractivity contribution is -0.155. The Morgan fingerprint density at radius 1 is 1.10 bits per heavy atom. The average Bonchev–Trinajstić information content (AvgIpc) is 2.71. The Bertz CT molecular complexity index is 891. The van der Waals surface area contributed by atoms with Crippen molar-refractivity contribution in [1.29, 1.82) is 0 Å². The Balaban J connectivity index is 2.02. The second-order valence-corrected chi connectivity index (χ2v) is 6.11. The van der Waals surface area contributed by atoms with Gasteiger partial charge in [0.05, 0.1) is 0 Å². The largest absolute Gasteiger partial charge is 0.446 e. The summed E-state index contributed by atoms with van der Waals surface area (Å²) in [5.74, 6) is -2.33. The first-order valence-corrected chi connectivity index (χ1v) is 9.01. The van der Waals surface area contributed by atoms with Gasteiger partial charge in [-0.05, 0) is 19.1 Å². The van der Waals surface area contributed by atoms with Crippen molar-refractivity contribution < 1.29 is 23.9 Å². The van der Waals surface area contributed by atoms with Crippen LogP contribution in [0.1, 0.15) is 29.1 Å². The number of urea groups is 1. The number of rotatable bonds is 7. The molecule has 0 aliphatic heterocycles. The number of carbonyl (C=O) groups excluding carboxylic acids is 4. The van der Waals surface area contributed by atoms with E-state index in [0.29, 0.717) is 17.1 Å². The minimum absolute atomic E-state index is 0.0267. The number of nitrogens with zero attached hydrogens (tertiary/aromatic N) is 1. The SMILES string of the molecule is CCNC(=O)NC(=O)[C@@H](OC(=O)CNC(=O)c1cc(Cl)ccn1)c1ccccc1. The maximum atomic E-state index is 12.4. The number of halogens is 1. The van der Waals surface area contributed by atoms with E-state index in [2.05, 4.69) is 20.9 Å². The lowest BCUT2D eigenvalue weighted by Crippen LogP contribution is -2.43. The lowest BCUT2D eigenvalue weighted by atomic mass is 10.1. The molecule has 0 spiro atoms. The number of ether oxygens (including phenoxy) is 1. The molecule has 3 N–H and O–H groups in total. The Kier molecular flexibility index (Phi) is 8.11. The molecular weight excluding hydrogens is 400 g/mol. The number of amides is 4. The number of hydrogen-bond donors (Lipinski definition) is 3. The highest BCUT2D eigenvalue weighted by molar-refractivity contribution is 6.30. The number of hydrogen-bond acceptors (Lipinski definition) is 6. The molecule has 1 aromatic carbocycles. The molecule has 0 bridgehead atoms. The summed E-state index contributed by atoms with van der Waals surface area (Å²) < 4.78 is 5.20. The molecule has 29 heavy (non-hydrogen) atoms. The van der Waals surface area contributed by atoms with E-state index in [1.165, 1.54) is 18.3 Å². The average molecular weight is 419 g/mol. The maximum Gasteiger partial charge on any atom is 0.326 e. The van der Waals surface area contributed by atoms with Crippen LogP contribution < -0.4 is 16.0 Å². The number of aromatic nitrogens is 1. The third kappa shape index (κ3) is 6.89. The van der Waals surface area contributed by atoms with E-state index in [0.717, 1.165) is 0 Å². The topological polar surface area (TPSA) is 126 Å². The fraction of sp³-hybridized carbons (Fsp3) is 0.211. The molecule has 1 aromatic heterocycles. The Hall–Kier alpha value is -3.46. The van der Waals surface area contributed by atoms with Crippen LogP contribution in [0.4, 0.5) is 4.79 Å². The molecule has 9 nitrogen and oxygen atoms in total. The van der Waals surface area contributed by atoms with E-state index in [1.807, 2.05) is 0 Å². The number of benzene rings is 1. The summed E-state index contributed by atoms with van der Waals surface area (Å²) in [5, 5.41) is 7.17. The summed E-state index contributed by atoms with van der Waals surface area (Å²) in [7, 11) is 0. The zero-order chi connectivity index (χ0) is 21.2. The first-order chi connectivity index (χ1) is 13.9. The summed E-state index contributed by atoms with van der Waals surface area (Å²) in [6, 6.07) is 10.3. The predicted octanol–water partition coefficient (Wildman–Crippen LogP) is 1.59. The van der Waals surface area contributed by atoms with Crippen molar-refractivity contribution in [2.24, 2.45) is 0 Å². The van der Waals surface area contributed by atoms with Gasteiger partial charge < -0.3 is 15.4 Å². The van der Waals surface area contributed by atoms with Crippen LogP contribution in [0.5, 0.6) is 0 Å². The molecule has 0 saturated carbocycles. The van der Waals surface area contributed by atoms with E-state index >= 15 is 0 Å². The quantitative estimate of drug-likeness (QED) is 0.586. The fourth-order valence-corrected chi connectivity index (χ4v) is 2.39. The molecule has 4 amide bonds. The number of imide groups is 1. The molecule has 0 radical (unpaired) electrons. The molecule has 2 rings (SSSR count). The maximum absolute atomic E-state index is 12.4. The summed E-state index contributed by atoms with van der Waals surface area (Å²) in [6.07, 6.45) is -0.0142. The van der Waals surface area contributed by atoms with Crippen LogP contribution in [0.15, 0.2) is 48.7 Å². The fourth-order valence-electron chi connectivity index (χ4n) is 2.23. The lowest BCUT2D eigenvalue weighted by Gasteiger charge is -2.18. The van der Waals surface area contributed by atoms with E-state index in [9.17, 15) is 19.2 Å². The molecule has 0 unspecified atom stereocenters. The van der Waals surface area contributed by atoms with Gasteiger partial charge in [0, 0.05) is 23.3 Å². The number of pyridine rings is 1. The molecule has 0 fully saturated rings. The molecule has 0 aliphatic carbocycles. The summed E-state index contributed by atoms with van der Waals surface area (Å²) in [5.41, 5.74) is 0.393. The van der Waals surface area contributed by atoms with Gasteiger partial charge in [0.15, 0.2) is 0 Å². The van der Waals surface area contributed by atoms with Crippen LogP contribution in [0, 0.1) is 0 Å². The summed E-state index contributed by atoms with van der Waals surface area (Å²) in [4.78, 5) is 52.1. The van der Waals surface area contributed by atoms with Crippen LogP contribution in [-0.4, -0.2) is 41.9 Å². The molecular formula is C19H19ClN4O5. The van der Waals surface area contributed by atoms with Gasteiger partial charge in [0.2, 0.25) is 6.10 Å². The van der Waals surface area contributed by atoms with Crippen molar-refractivity contribution in [3.05, 3.63) is 64.9 Å².